The zero-order valence-electron chi connectivity index (χ0n) is 22.3. The van der Waals surface area contributed by atoms with Crippen molar-refractivity contribution in [3.05, 3.63) is 83.7 Å². The van der Waals surface area contributed by atoms with Gasteiger partial charge in [-0.05, 0) is 56.5 Å². The highest BCUT2D eigenvalue weighted by atomic mass is 16.5. The summed E-state index contributed by atoms with van der Waals surface area (Å²) in [6.45, 7) is 5.79. The molecule has 6 rings (SSSR count). The van der Waals surface area contributed by atoms with Crippen molar-refractivity contribution < 1.29 is 14.3 Å². The standard InChI is InChI=1S/C31H35N5O3/c1-21-5-7-22(8-6-21)25-16-27(25)32-13-2-4-26(30(38)36-17-31(18-36)19-39-20-31)35-29(37)24-11-9-23(10-12-24)28-33-14-3-15-34-28/h3,5-12,14-15,25-27,32H,2,4,13,16-20H2,1H3,(H,35,37)/t25-,26-,27+/m0/s1. The summed E-state index contributed by atoms with van der Waals surface area (Å²) in [7, 11) is 0. The minimum atomic E-state index is -0.554. The molecule has 3 aromatic rings. The molecule has 1 spiro atoms. The van der Waals surface area contributed by atoms with Gasteiger partial charge in [0, 0.05) is 48.6 Å². The number of likely N-dealkylation sites (tertiary alicyclic amines) is 1. The Morgan fingerprint density at radius 2 is 1.77 bits per heavy atom. The Morgan fingerprint density at radius 1 is 1.05 bits per heavy atom. The molecule has 2 aromatic carbocycles. The highest BCUT2D eigenvalue weighted by Gasteiger charge is 2.51. The van der Waals surface area contributed by atoms with Crippen molar-refractivity contribution in [1.82, 2.24) is 25.5 Å². The average Bonchev–Trinajstić information content (AvgIpc) is 3.69. The highest BCUT2D eigenvalue weighted by molar-refractivity contribution is 5.98. The van der Waals surface area contributed by atoms with Crippen LogP contribution in [0.2, 0.25) is 0 Å². The summed E-state index contributed by atoms with van der Waals surface area (Å²) in [6, 6.07) is 17.7. The molecule has 1 aliphatic carbocycles. The summed E-state index contributed by atoms with van der Waals surface area (Å²) in [5, 5.41) is 6.67. The topological polar surface area (TPSA) is 96.4 Å². The maximum absolute atomic E-state index is 13.4. The van der Waals surface area contributed by atoms with E-state index < -0.39 is 6.04 Å². The summed E-state index contributed by atoms with van der Waals surface area (Å²) >= 11 is 0. The normalized spacial score (nSPS) is 21.5. The number of aryl methyl sites for hydroxylation is 1. The molecular weight excluding hydrogens is 490 g/mol. The second kappa shape index (κ2) is 10.9. The fourth-order valence-corrected chi connectivity index (χ4v) is 5.63. The minimum Gasteiger partial charge on any atom is -0.380 e. The molecule has 2 amide bonds. The Hall–Kier alpha value is -3.62. The van der Waals surface area contributed by atoms with E-state index in [2.05, 4.69) is 51.8 Å². The van der Waals surface area contributed by atoms with Gasteiger partial charge in [0.05, 0.1) is 18.6 Å². The van der Waals surface area contributed by atoms with Crippen LogP contribution in [0.15, 0.2) is 67.0 Å². The second-order valence-corrected chi connectivity index (χ2v) is 11.3. The molecule has 2 aliphatic heterocycles. The number of aromatic nitrogens is 2. The first-order valence-electron chi connectivity index (χ1n) is 13.8. The van der Waals surface area contributed by atoms with Crippen LogP contribution >= 0.6 is 0 Å². The number of carbonyl (C=O) groups is 2. The van der Waals surface area contributed by atoms with Crippen molar-refractivity contribution in [3.63, 3.8) is 0 Å². The molecule has 0 radical (unpaired) electrons. The van der Waals surface area contributed by atoms with Crippen LogP contribution in [0.5, 0.6) is 0 Å². The van der Waals surface area contributed by atoms with Crippen LogP contribution in [-0.4, -0.2) is 71.6 Å². The number of benzene rings is 2. The summed E-state index contributed by atoms with van der Waals surface area (Å²) in [5.41, 5.74) is 4.15. The average molecular weight is 526 g/mol. The predicted molar refractivity (Wildman–Crippen MR) is 148 cm³/mol. The van der Waals surface area contributed by atoms with E-state index in [9.17, 15) is 9.59 Å². The molecule has 8 nitrogen and oxygen atoms in total. The fraction of sp³-hybridized carbons (Fsp3) is 0.419. The lowest BCUT2D eigenvalue weighted by Gasteiger charge is -2.55. The minimum absolute atomic E-state index is 0.000801. The molecule has 3 atom stereocenters. The van der Waals surface area contributed by atoms with Crippen LogP contribution in [-0.2, 0) is 9.53 Å². The molecule has 2 N–H and O–H groups in total. The maximum Gasteiger partial charge on any atom is 0.251 e. The van der Waals surface area contributed by atoms with Gasteiger partial charge in [-0.3, -0.25) is 9.59 Å². The van der Waals surface area contributed by atoms with Crippen molar-refractivity contribution in [2.45, 2.75) is 44.2 Å². The monoisotopic (exact) mass is 525 g/mol. The Kier molecular flexibility index (Phi) is 7.14. The largest absolute Gasteiger partial charge is 0.380 e. The maximum atomic E-state index is 13.4. The van der Waals surface area contributed by atoms with E-state index in [1.807, 2.05) is 17.0 Å². The van der Waals surface area contributed by atoms with Crippen molar-refractivity contribution in [2.75, 3.05) is 32.8 Å². The van der Waals surface area contributed by atoms with E-state index in [0.29, 0.717) is 42.9 Å². The molecule has 3 heterocycles. The van der Waals surface area contributed by atoms with Gasteiger partial charge in [-0.25, -0.2) is 9.97 Å². The number of carbonyl (C=O) groups excluding carboxylic acids is 2. The first-order chi connectivity index (χ1) is 19.0. The van der Waals surface area contributed by atoms with Gasteiger partial charge in [0.25, 0.3) is 5.91 Å². The van der Waals surface area contributed by atoms with Crippen molar-refractivity contribution in [3.8, 4) is 11.4 Å². The Balaban J connectivity index is 1.04. The van der Waals surface area contributed by atoms with Crippen LogP contribution in [0.1, 0.15) is 46.7 Å². The molecule has 202 valence electrons. The smallest absolute Gasteiger partial charge is 0.251 e. The lowest BCUT2D eigenvalue weighted by atomic mass is 9.77. The van der Waals surface area contributed by atoms with Gasteiger partial charge >= 0.3 is 0 Å². The SMILES string of the molecule is Cc1ccc([C@@H]2C[C@H]2NCCC[C@H](NC(=O)c2ccc(-c3ncccn3)cc2)C(=O)N2CC3(COC3)C2)cc1. The van der Waals surface area contributed by atoms with Crippen molar-refractivity contribution >= 4 is 11.8 Å². The van der Waals surface area contributed by atoms with Gasteiger partial charge in [-0.2, -0.15) is 0 Å². The van der Waals surface area contributed by atoms with E-state index >= 15 is 0 Å². The number of nitrogens with one attached hydrogen (secondary N) is 2. The third kappa shape index (κ3) is 5.72. The number of hydrogen-bond acceptors (Lipinski definition) is 6. The first-order valence-corrected chi connectivity index (χ1v) is 13.8. The van der Waals surface area contributed by atoms with E-state index in [0.717, 1.165) is 38.2 Å². The predicted octanol–water partition coefficient (Wildman–Crippen LogP) is 3.34. The van der Waals surface area contributed by atoms with Gasteiger partial charge in [-0.15, -0.1) is 0 Å². The summed E-state index contributed by atoms with van der Waals surface area (Å²) in [5.74, 6) is 0.927. The van der Waals surface area contributed by atoms with E-state index in [-0.39, 0.29) is 17.2 Å². The molecule has 3 aliphatic rings. The summed E-state index contributed by atoms with van der Waals surface area (Å²) in [6.07, 6.45) is 5.92. The summed E-state index contributed by atoms with van der Waals surface area (Å²) in [4.78, 5) is 36.9. The lowest BCUT2D eigenvalue weighted by molar-refractivity contribution is -0.196. The molecule has 2 saturated heterocycles. The number of nitrogens with zero attached hydrogens (tertiary/aromatic N) is 3. The van der Waals surface area contributed by atoms with Crippen LogP contribution < -0.4 is 10.6 Å². The zero-order valence-corrected chi connectivity index (χ0v) is 22.3. The number of hydrogen-bond donors (Lipinski definition) is 2. The van der Waals surface area contributed by atoms with Gasteiger partial charge in [0.2, 0.25) is 5.91 Å². The lowest BCUT2D eigenvalue weighted by Crippen LogP contribution is -2.69. The van der Waals surface area contributed by atoms with Crippen LogP contribution in [0.25, 0.3) is 11.4 Å². The van der Waals surface area contributed by atoms with Gasteiger partial charge in [0.1, 0.15) is 6.04 Å². The third-order valence-electron chi connectivity index (χ3n) is 8.13. The fourth-order valence-electron chi connectivity index (χ4n) is 5.63. The van der Waals surface area contributed by atoms with Crippen LogP contribution in [0, 0.1) is 12.3 Å². The van der Waals surface area contributed by atoms with Crippen molar-refractivity contribution in [2.24, 2.45) is 5.41 Å². The van der Waals surface area contributed by atoms with Crippen molar-refractivity contribution in [1.29, 1.82) is 0 Å². The number of amides is 2. The molecule has 0 unspecified atom stereocenters. The van der Waals surface area contributed by atoms with Crippen LogP contribution in [0.4, 0.5) is 0 Å². The van der Waals surface area contributed by atoms with Crippen LogP contribution in [0.3, 0.4) is 0 Å². The van der Waals surface area contributed by atoms with Gasteiger partial charge in [-0.1, -0.05) is 42.0 Å². The Labute approximate surface area is 229 Å². The molecule has 8 heteroatoms. The third-order valence-corrected chi connectivity index (χ3v) is 8.13. The van der Waals surface area contributed by atoms with Gasteiger partial charge < -0.3 is 20.3 Å². The van der Waals surface area contributed by atoms with Gasteiger partial charge in [0.15, 0.2) is 5.82 Å². The van der Waals surface area contributed by atoms with E-state index in [1.54, 1.807) is 30.6 Å². The highest BCUT2D eigenvalue weighted by Crippen LogP contribution is 2.41. The Morgan fingerprint density at radius 3 is 2.44 bits per heavy atom. The summed E-state index contributed by atoms with van der Waals surface area (Å²) < 4.78 is 5.36. The van der Waals surface area contributed by atoms with E-state index in [1.165, 1.54) is 11.1 Å². The molecular formula is C31H35N5O3. The molecule has 1 aromatic heterocycles. The van der Waals surface area contributed by atoms with E-state index in [4.69, 9.17) is 4.74 Å². The number of ether oxygens (including phenoxy) is 1. The second-order valence-electron chi connectivity index (χ2n) is 11.3. The Bertz CT molecular complexity index is 1300. The molecule has 1 saturated carbocycles. The molecule has 39 heavy (non-hydrogen) atoms. The first kappa shape index (κ1) is 25.6. The number of rotatable bonds is 10. The zero-order chi connectivity index (χ0) is 26.8. The quantitative estimate of drug-likeness (QED) is 0.394. The molecule has 0 bridgehead atoms. The molecule has 3 fully saturated rings.